The van der Waals surface area contributed by atoms with Crippen LogP contribution in [0.3, 0.4) is 0 Å². The predicted octanol–water partition coefficient (Wildman–Crippen LogP) is 2.35. The maximum Gasteiger partial charge on any atom is 0.124 e. The van der Waals surface area contributed by atoms with Crippen LogP contribution in [-0.2, 0) is 0 Å². The quantitative estimate of drug-likeness (QED) is 0.409. The molecule has 0 atom stereocenters. The Kier molecular flexibility index (Phi) is 2.07. The summed E-state index contributed by atoms with van der Waals surface area (Å²) in [6.07, 6.45) is 1.28. The van der Waals surface area contributed by atoms with Crippen molar-refractivity contribution in [1.29, 1.82) is 0 Å². The van der Waals surface area contributed by atoms with Gasteiger partial charge in [0.2, 0.25) is 0 Å². The SMILES string of the molecule is O/N=C/c1cc(O)c2ccccc2c1. The lowest BCUT2D eigenvalue weighted by molar-refractivity contribution is 0.322. The molecule has 0 amide bonds. The second kappa shape index (κ2) is 3.38. The molecule has 0 heterocycles. The molecule has 70 valence electrons. The molecular weight excluding hydrogens is 178 g/mol. The number of hydrogen-bond acceptors (Lipinski definition) is 3. The van der Waals surface area contributed by atoms with E-state index in [-0.39, 0.29) is 5.75 Å². The molecule has 0 aliphatic heterocycles. The number of rotatable bonds is 1. The molecule has 0 saturated carbocycles. The van der Waals surface area contributed by atoms with Crippen molar-refractivity contribution in [2.45, 2.75) is 0 Å². The minimum Gasteiger partial charge on any atom is -0.507 e. The van der Waals surface area contributed by atoms with Gasteiger partial charge in [0.15, 0.2) is 0 Å². The maximum atomic E-state index is 9.64. The van der Waals surface area contributed by atoms with E-state index in [1.54, 1.807) is 6.07 Å². The molecule has 2 aromatic carbocycles. The van der Waals surface area contributed by atoms with Crippen LogP contribution in [0.5, 0.6) is 5.75 Å². The minimum atomic E-state index is 0.193. The average Bonchev–Trinajstić information content (AvgIpc) is 2.18. The highest BCUT2D eigenvalue weighted by Crippen LogP contribution is 2.25. The molecule has 0 fully saturated rings. The smallest absolute Gasteiger partial charge is 0.124 e. The van der Waals surface area contributed by atoms with Gasteiger partial charge in [-0.2, -0.15) is 0 Å². The summed E-state index contributed by atoms with van der Waals surface area (Å²) < 4.78 is 0. The lowest BCUT2D eigenvalue weighted by atomic mass is 10.1. The van der Waals surface area contributed by atoms with Crippen molar-refractivity contribution in [1.82, 2.24) is 0 Å². The van der Waals surface area contributed by atoms with Gasteiger partial charge in [-0.25, -0.2) is 0 Å². The molecule has 0 spiro atoms. The summed E-state index contributed by atoms with van der Waals surface area (Å²) in [4.78, 5) is 0. The van der Waals surface area contributed by atoms with E-state index in [2.05, 4.69) is 5.16 Å². The molecule has 3 nitrogen and oxygen atoms in total. The Morgan fingerprint density at radius 1 is 1.14 bits per heavy atom. The van der Waals surface area contributed by atoms with E-state index in [0.29, 0.717) is 5.56 Å². The van der Waals surface area contributed by atoms with Gasteiger partial charge in [-0.15, -0.1) is 0 Å². The van der Waals surface area contributed by atoms with Crippen LogP contribution < -0.4 is 0 Å². The maximum absolute atomic E-state index is 9.64. The van der Waals surface area contributed by atoms with Crippen LogP contribution in [0.4, 0.5) is 0 Å². The number of oxime groups is 1. The number of phenols is 1. The Balaban J connectivity index is 2.72. The standard InChI is InChI=1S/C11H9NO2/c13-11-6-8(7-12-14)5-9-3-1-2-4-10(9)11/h1-7,13-14H/b12-7+. The first-order chi connectivity index (χ1) is 6.81. The monoisotopic (exact) mass is 187 g/mol. The van der Waals surface area contributed by atoms with E-state index in [0.717, 1.165) is 10.8 Å². The lowest BCUT2D eigenvalue weighted by Crippen LogP contribution is -1.82. The van der Waals surface area contributed by atoms with Crippen LogP contribution >= 0.6 is 0 Å². The van der Waals surface area contributed by atoms with Crippen molar-refractivity contribution in [2.24, 2.45) is 5.16 Å². The fourth-order valence-corrected chi connectivity index (χ4v) is 1.45. The topological polar surface area (TPSA) is 52.8 Å². The van der Waals surface area contributed by atoms with Gasteiger partial charge in [-0.1, -0.05) is 29.4 Å². The molecule has 0 aliphatic rings. The number of nitrogens with zero attached hydrogens (tertiary/aromatic N) is 1. The van der Waals surface area contributed by atoms with E-state index >= 15 is 0 Å². The molecule has 0 aromatic heterocycles. The zero-order valence-corrected chi connectivity index (χ0v) is 7.38. The van der Waals surface area contributed by atoms with Crippen molar-refractivity contribution in [3.8, 4) is 5.75 Å². The largest absolute Gasteiger partial charge is 0.507 e. The summed E-state index contributed by atoms with van der Waals surface area (Å²) in [6, 6.07) is 10.9. The van der Waals surface area contributed by atoms with Gasteiger partial charge < -0.3 is 10.3 Å². The van der Waals surface area contributed by atoms with Gasteiger partial charge in [0.05, 0.1) is 6.21 Å². The first-order valence-electron chi connectivity index (χ1n) is 4.20. The summed E-state index contributed by atoms with van der Waals surface area (Å²) >= 11 is 0. The summed E-state index contributed by atoms with van der Waals surface area (Å²) in [7, 11) is 0. The summed E-state index contributed by atoms with van der Waals surface area (Å²) in [6.45, 7) is 0. The normalized spacial score (nSPS) is 11.1. The van der Waals surface area contributed by atoms with Crippen molar-refractivity contribution >= 4 is 17.0 Å². The van der Waals surface area contributed by atoms with Gasteiger partial charge in [-0.3, -0.25) is 0 Å². The molecule has 0 aliphatic carbocycles. The van der Waals surface area contributed by atoms with Gasteiger partial charge in [-0.05, 0) is 17.5 Å². The second-order valence-electron chi connectivity index (χ2n) is 3.01. The first-order valence-corrected chi connectivity index (χ1v) is 4.20. The highest BCUT2D eigenvalue weighted by atomic mass is 16.4. The van der Waals surface area contributed by atoms with Gasteiger partial charge in [0, 0.05) is 10.9 Å². The fraction of sp³-hybridized carbons (Fsp3) is 0. The molecule has 0 unspecified atom stereocenters. The number of aromatic hydroxyl groups is 1. The Labute approximate surface area is 80.9 Å². The summed E-state index contributed by atoms with van der Waals surface area (Å²) in [5.74, 6) is 0.193. The van der Waals surface area contributed by atoms with Crippen LogP contribution in [0.2, 0.25) is 0 Å². The Morgan fingerprint density at radius 3 is 2.71 bits per heavy atom. The molecular formula is C11H9NO2. The molecule has 2 aromatic rings. The third-order valence-corrected chi connectivity index (χ3v) is 2.07. The summed E-state index contributed by atoms with van der Waals surface area (Å²) in [5, 5.41) is 22.6. The Bertz CT molecular complexity index is 492. The van der Waals surface area contributed by atoms with E-state index in [9.17, 15) is 5.11 Å². The number of hydrogen-bond donors (Lipinski definition) is 2. The molecule has 14 heavy (non-hydrogen) atoms. The number of fused-ring (bicyclic) bond motifs is 1. The number of benzene rings is 2. The van der Waals surface area contributed by atoms with Crippen LogP contribution in [-0.4, -0.2) is 16.5 Å². The van der Waals surface area contributed by atoms with Gasteiger partial charge in [0.1, 0.15) is 5.75 Å². The molecule has 2 rings (SSSR count). The second-order valence-corrected chi connectivity index (χ2v) is 3.01. The van der Waals surface area contributed by atoms with E-state index in [1.165, 1.54) is 6.21 Å². The van der Waals surface area contributed by atoms with Crippen molar-refractivity contribution in [2.75, 3.05) is 0 Å². The molecule has 3 heteroatoms. The first kappa shape index (κ1) is 8.56. The van der Waals surface area contributed by atoms with Crippen LogP contribution in [0.25, 0.3) is 10.8 Å². The van der Waals surface area contributed by atoms with Crippen molar-refractivity contribution in [3.63, 3.8) is 0 Å². The molecule has 2 N–H and O–H groups in total. The highest BCUT2D eigenvalue weighted by molar-refractivity contribution is 5.94. The highest BCUT2D eigenvalue weighted by Gasteiger charge is 2.00. The number of phenolic OH excluding ortho intramolecular Hbond substituents is 1. The molecule has 0 saturated heterocycles. The predicted molar refractivity (Wildman–Crippen MR) is 55.0 cm³/mol. The third-order valence-electron chi connectivity index (χ3n) is 2.07. The average molecular weight is 187 g/mol. The van der Waals surface area contributed by atoms with Crippen LogP contribution in [0, 0.1) is 0 Å². The molecule has 0 bridgehead atoms. The fourth-order valence-electron chi connectivity index (χ4n) is 1.45. The van der Waals surface area contributed by atoms with Gasteiger partial charge in [0.25, 0.3) is 0 Å². The van der Waals surface area contributed by atoms with Gasteiger partial charge >= 0.3 is 0 Å². The zero-order valence-electron chi connectivity index (χ0n) is 7.38. The minimum absolute atomic E-state index is 0.193. The van der Waals surface area contributed by atoms with E-state index < -0.39 is 0 Å². The molecule has 0 radical (unpaired) electrons. The van der Waals surface area contributed by atoms with Crippen molar-refractivity contribution in [3.05, 3.63) is 42.0 Å². The lowest BCUT2D eigenvalue weighted by Gasteiger charge is -2.01. The van der Waals surface area contributed by atoms with E-state index in [1.807, 2.05) is 30.3 Å². The third kappa shape index (κ3) is 1.40. The van der Waals surface area contributed by atoms with E-state index in [4.69, 9.17) is 5.21 Å². The van der Waals surface area contributed by atoms with Crippen LogP contribution in [0.1, 0.15) is 5.56 Å². The Hall–Kier alpha value is -2.03. The van der Waals surface area contributed by atoms with Crippen LogP contribution in [0.15, 0.2) is 41.6 Å². The van der Waals surface area contributed by atoms with Crippen molar-refractivity contribution < 1.29 is 10.3 Å². The zero-order chi connectivity index (χ0) is 9.97. The Morgan fingerprint density at radius 2 is 1.93 bits per heavy atom. The summed E-state index contributed by atoms with van der Waals surface area (Å²) in [5.41, 5.74) is 0.670.